The molecular weight excluding hydrogens is 238 g/mol. The van der Waals surface area contributed by atoms with E-state index in [1.165, 1.54) is 32.1 Å². The summed E-state index contributed by atoms with van der Waals surface area (Å²) in [5, 5.41) is 4.76. The highest BCUT2D eigenvalue weighted by Gasteiger charge is 2.38. The van der Waals surface area contributed by atoms with Crippen LogP contribution in [-0.4, -0.2) is 28.0 Å². The average Bonchev–Trinajstić information content (AvgIpc) is 2.99. The van der Waals surface area contributed by atoms with Crippen LogP contribution in [0.15, 0.2) is 12.3 Å². The van der Waals surface area contributed by atoms with Gasteiger partial charge in [-0.25, -0.2) is 0 Å². The second-order valence-electron chi connectivity index (χ2n) is 6.25. The predicted molar refractivity (Wildman–Crippen MR) is 75.0 cm³/mol. The molecule has 19 heavy (non-hydrogen) atoms. The summed E-state index contributed by atoms with van der Waals surface area (Å²) >= 11 is 0. The Bertz CT molecular complexity index is 425. The third-order valence-electron chi connectivity index (χ3n) is 4.87. The van der Waals surface area contributed by atoms with Crippen LogP contribution in [0, 0.1) is 0 Å². The molecule has 3 rings (SSSR count). The summed E-state index contributed by atoms with van der Waals surface area (Å²) in [5.74, 6) is 0. The maximum atomic E-state index is 6.45. The highest BCUT2D eigenvalue weighted by Crippen LogP contribution is 2.29. The van der Waals surface area contributed by atoms with E-state index in [1.54, 1.807) is 0 Å². The van der Waals surface area contributed by atoms with Gasteiger partial charge in [0, 0.05) is 24.8 Å². The number of hydrogen-bond acceptors (Lipinski definition) is 3. The van der Waals surface area contributed by atoms with Gasteiger partial charge in [0.2, 0.25) is 0 Å². The zero-order valence-electron chi connectivity index (χ0n) is 11.8. The van der Waals surface area contributed by atoms with Gasteiger partial charge < -0.3 is 10.5 Å². The molecule has 1 aliphatic carbocycles. The largest absolute Gasteiger partial charge is 0.377 e. The van der Waals surface area contributed by atoms with E-state index in [0.717, 1.165) is 25.1 Å². The summed E-state index contributed by atoms with van der Waals surface area (Å²) in [6.45, 7) is 2.85. The Kier molecular flexibility index (Phi) is 3.63. The Morgan fingerprint density at radius 1 is 1.42 bits per heavy atom. The van der Waals surface area contributed by atoms with Crippen molar-refractivity contribution in [3.05, 3.63) is 18.0 Å². The number of hydrogen-bond donors (Lipinski definition) is 1. The molecule has 2 fully saturated rings. The van der Waals surface area contributed by atoms with Gasteiger partial charge in [0.1, 0.15) is 0 Å². The molecule has 2 N–H and O–H groups in total. The van der Waals surface area contributed by atoms with Crippen LogP contribution in [0.1, 0.15) is 57.2 Å². The van der Waals surface area contributed by atoms with Gasteiger partial charge in [0.15, 0.2) is 0 Å². The zero-order chi connectivity index (χ0) is 13.3. The SMILES string of the molecule is CC1OCCC1(N)Cc1ccn(C2CCCCC2)n1. The minimum absolute atomic E-state index is 0.132. The Balaban J connectivity index is 1.67. The lowest BCUT2D eigenvalue weighted by Crippen LogP contribution is -2.48. The highest BCUT2D eigenvalue weighted by molar-refractivity contribution is 5.09. The van der Waals surface area contributed by atoms with Crippen molar-refractivity contribution in [1.82, 2.24) is 9.78 Å². The van der Waals surface area contributed by atoms with Crippen LogP contribution in [-0.2, 0) is 11.2 Å². The Labute approximate surface area is 115 Å². The normalized spacial score (nSPS) is 32.8. The molecule has 4 nitrogen and oxygen atoms in total. The first-order valence-corrected chi connectivity index (χ1v) is 7.62. The lowest BCUT2D eigenvalue weighted by atomic mass is 9.88. The first-order valence-electron chi connectivity index (χ1n) is 7.62. The van der Waals surface area contributed by atoms with Crippen LogP contribution < -0.4 is 5.73 Å². The van der Waals surface area contributed by atoms with Gasteiger partial charge >= 0.3 is 0 Å². The van der Waals surface area contributed by atoms with E-state index < -0.39 is 0 Å². The van der Waals surface area contributed by atoms with E-state index in [-0.39, 0.29) is 11.6 Å². The van der Waals surface area contributed by atoms with E-state index in [0.29, 0.717) is 6.04 Å². The fourth-order valence-corrected chi connectivity index (χ4v) is 3.38. The molecule has 2 aliphatic rings. The van der Waals surface area contributed by atoms with Crippen molar-refractivity contribution >= 4 is 0 Å². The van der Waals surface area contributed by atoms with E-state index in [9.17, 15) is 0 Å². The lowest BCUT2D eigenvalue weighted by Gasteiger charge is -2.26. The molecule has 0 amide bonds. The molecule has 1 saturated carbocycles. The first kappa shape index (κ1) is 13.1. The molecule has 2 heterocycles. The van der Waals surface area contributed by atoms with E-state index >= 15 is 0 Å². The standard InChI is InChI=1S/C15H25N3O/c1-12-15(16,8-10-19-12)11-13-7-9-18(17-13)14-5-3-2-4-6-14/h7,9,12,14H,2-6,8,10-11,16H2,1H3. The predicted octanol–water partition coefficient (Wildman–Crippen LogP) is 2.44. The second-order valence-corrected chi connectivity index (χ2v) is 6.25. The minimum Gasteiger partial charge on any atom is -0.377 e. The molecule has 1 aromatic rings. The van der Waals surface area contributed by atoms with E-state index in [4.69, 9.17) is 15.6 Å². The second kappa shape index (κ2) is 5.25. The van der Waals surface area contributed by atoms with Crippen molar-refractivity contribution < 1.29 is 4.74 Å². The smallest absolute Gasteiger partial charge is 0.0731 e. The van der Waals surface area contributed by atoms with Crippen LogP contribution >= 0.6 is 0 Å². The van der Waals surface area contributed by atoms with Crippen molar-refractivity contribution in [2.45, 2.75) is 69.6 Å². The fourth-order valence-electron chi connectivity index (χ4n) is 3.38. The maximum Gasteiger partial charge on any atom is 0.0731 e. The Hall–Kier alpha value is -0.870. The number of ether oxygens (including phenoxy) is 1. The lowest BCUT2D eigenvalue weighted by molar-refractivity contribution is 0.0951. The van der Waals surface area contributed by atoms with Gasteiger partial charge in [0.25, 0.3) is 0 Å². The Morgan fingerprint density at radius 2 is 2.21 bits per heavy atom. The minimum atomic E-state index is -0.230. The molecule has 1 saturated heterocycles. The number of nitrogens with zero attached hydrogens (tertiary/aromatic N) is 2. The van der Waals surface area contributed by atoms with Crippen LogP contribution in [0.4, 0.5) is 0 Å². The van der Waals surface area contributed by atoms with Crippen molar-refractivity contribution in [3.63, 3.8) is 0 Å². The molecule has 2 atom stereocenters. The molecule has 0 bridgehead atoms. The quantitative estimate of drug-likeness (QED) is 0.911. The van der Waals surface area contributed by atoms with E-state index in [1.807, 2.05) is 0 Å². The highest BCUT2D eigenvalue weighted by atomic mass is 16.5. The van der Waals surface area contributed by atoms with Gasteiger partial charge in [-0.2, -0.15) is 5.10 Å². The molecule has 106 valence electrons. The summed E-state index contributed by atoms with van der Waals surface area (Å²) in [4.78, 5) is 0. The third kappa shape index (κ3) is 2.70. The monoisotopic (exact) mass is 263 g/mol. The van der Waals surface area contributed by atoms with Crippen LogP contribution in [0.3, 0.4) is 0 Å². The van der Waals surface area contributed by atoms with Gasteiger partial charge in [-0.1, -0.05) is 19.3 Å². The van der Waals surface area contributed by atoms with Crippen molar-refractivity contribution in [3.8, 4) is 0 Å². The summed E-state index contributed by atoms with van der Waals surface area (Å²) < 4.78 is 7.77. The molecule has 0 aromatic carbocycles. The number of nitrogens with two attached hydrogens (primary N) is 1. The van der Waals surface area contributed by atoms with Crippen molar-refractivity contribution in [2.24, 2.45) is 5.73 Å². The third-order valence-corrected chi connectivity index (χ3v) is 4.87. The molecule has 4 heteroatoms. The summed E-state index contributed by atoms with van der Waals surface area (Å²) in [7, 11) is 0. The number of aromatic nitrogens is 2. The molecule has 1 aromatic heterocycles. The zero-order valence-corrected chi connectivity index (χ0v) is 11.8. The van der Waals surface area contributed by atoms with Gasteiger partial charge in [0.05, 0.1) is 17.8 Å². The van der Waals surface area contributed by atoms with Gasteiger partial charge in [-0.3, -0.25) is 4.68 Å². The van der Waals surface area contributed by atoms with Crippen LogP contribution in [0.5, 0.6) is 0 Å². The molecule has 1 aliphatic heterocycles. The topological polar surface area (TPSA) is 53.1 Å². The summed E-state index contributed by atoms with van der Waals surface area (Å²) in [6.07, 6.45) is 10.6. The number of rotatable bonds is 3. The fraction of sp³-hybridized carbons (Fsp3) is 0.800. The van der Waals surface area contributed by atoms with Crippen molar-refractivity contribution in [1.29, 1.82) is 0 Å². The van der Waals surface area contributed by atoms with Gasteiger partial charge in [-0.05, 0) is 32.3 Å². The molecule has 2 unspecified atom stereocenters. The Morgan fingerprint density at radius 3 is 2.89 bits per heavy atom. The van der Waals surface area contributed by atoms with Crippen LogP contribution in [0.25, 0.3) is 0 Å². The molecule has 0 radical (unpaired) electrons. The molecule has 0 spiro atoms. The van der Waals surface area contributed by atoms with E-state index in [2.05, 4.69) is 23.9 Å². The van der Waals surface area contributed by atoms with Crippen molar-refractivity contribution in [2.75, 3.05) is 6.61 Å². The van der Waals surface area contributed by atoms with Gasteiger partial charge in [-0.15, -0.1) is 0 Å². The molecular formula is C15H25N3O. The maximum absolute atomic E-state index is 6.45. The first-order chi connectivity index (χ1) is 9.17. The van der Waals surface area contributed by atoms with Crippen LogP contribution in [0.2, 0.25) is 0 Å². The summed E-state index contributed by atoms with van der Waals surface area (Å²) in [6, 6.07) is 2.74. The summed E-state index contributed by atoms with van der Waals surface area (Å²) in [5.41, 5.74) is 7.33. The average molecular weight is 263 g/mol.